The van der Waals surface area contributed by atoms with Crippen molar-refractivity contribution < 1.29 is 9.47 Å². The number of rotatable bonds is 5. The highest BCUT2D eigenvalue weighted by Crippen LogP contribution is 2.33. The Morgan fingerprint density at radius 3 is 2.63 bits per heavy atom. The van der Waals surface area contributed by atoms with Gasteiger partial charge in [0.15, 0.2) is 11.5 Å². The van der Waals surface area contributed by atoms with Crippen LogP contribution in [0.5, 0.6) is 11.5 Å². The summed E-state index contributed by atoms with van der Waals surface area (Å²) in [7, 11) is 1.62. The molecule has 0 radical (unpaired) electrons. The van der Waals surface area contributed by atoms with Crippen molar-refractivity contribution >= 4 is 28.8 Å². The van der Waals surface area contributed by atoms with E-state index in [9.17, 15) is 0 Å². The van der Waals surface area contributed by atoms with Crippen LogP contribution in [0.3, 0.4) is 0 Å². The molecule has 6 heteroatoms. The number of halogens is 2. The average Bonchev–Trinajstić information content (AvgIpc) is 3.13. The van der Waals surface area contributed by atoms with Gasteiger partial charge in [0.1, 0.15) is 12.3 Å². The van der Waals surface area contributed by atoms with Crippen molar-refractivity contribution in [3.8, 4) is 22.8 Å². The molecule has 0 aliphatic heterocycles. The Balaban J connectivity index is 1.58. The SMILES string of the molecule is COc1cc(-c2cn3ccccc3n2)ccc1OCc1ccc(Cl)c(Cl)c1. The fourth-order valence-corrected chi connectivity index (χ4v) is 3.13. The predicted octanol–water partition coefficient (Wildman–Crippen LogP) is 5.90. The first kappa shape index (κ1) is 17.7. The molecule has 4 aromatic rings. The summed E-state index contributed by atoms with van der Waals surface area (Å²) < 4.78 is 13.4. The maximum absolute atomic E-state index is 6.06. The number of methoxy groups -OCH3 is 1. The Morgan fingerprint density at radius 2 is 1.85 bits per heavy atom. The lowest BCUT2D eigenvalue weighted by molar-refractivity contribution is 0.284. The second-order valence-electron chi connectivity index (χ2n) is 6.00. The number of pyridine rings is 1. The van der Waals surface area contributed by atoms with Crippen LogP contribution in [0.1, 0.15) is 5.56 Å². The summed E-state index contributed by atoms with van der Waals surface area (Å²) in [5, 5.41) is 1.03. The van der Waals surface area contributed by atoms with Crippen LogP contribution in [0.25, 0.3) is 16.9 Å². The van der Waals surface area contributed by atoms with Crippen LogP contribution in [-0.2, 0) is 6.61 Å². The van der Waals surface area contributed by atoms with Crippen molar-refractivity contribution in [1.82, 2.24) is 9.38 Å². The molecular weight excluding hydrogens is 383 g/mol. The Bertz CT molecular complexity index is 1080. The lowest BCUT2D eigenvalue weighted by Gasteiger charge is -2.12. The van der Waals surface area contributed by atoms with Gasteiger partial charge in [-0.1, -0.05) is 35.3 Å². The third-order valence-electron chi connectivity index (χ3n) is 4.20. The van der Waals surface area contributed by atoms with Crippen LogP contribution in [0.15, 0.2) is 67.0 Å². The summed E-state index contributed by atoms with van der Waals surface area (Å²) in [5.41, 5.74) is 3.65. The summed E-state index contributed by atoms with van der Waals surface area (Å²) in [6.45, 7) is 0.362. The summed E-state index contributed by atoms with van der Waals surface area (Å²) >= 11 is 12.0. The minimum absolute atomic E-state index is 0.362. The van der Waals surface area contributed by atoms with E-state index in [1.807, 2.05) is 59.3 Å². The molecule has 0 N–H and O–H groups in total. The number of hydrogen-bond acceptors (Lipinski definition) is 3. The van der Waals surface area contributed by atoms with E-state index in [0.717, 1.165) is 22.5 Å². The number of fused-ring (bicyclic) bond motifs is 1. The van der Waals surface area contributed by atoms with Crippen molar-refractivity contribution in [3.05, 3.63) is 82.6 Å². The largest absolute Gasteiger partial charge is 0.493 e. The molecule has 0 saturated heterocycles. The topological polar surface area (TPSA) is 35.8 Å². The Hall–Kier alpha value is -2.69. The van der Waals surface area contributed by atoms with Crippen LogP contribution >= 0.6 is 23.2 Å². The smallest absolute Gasteiger partial charge is 0.161 e. The second kappa shape index (κ2) is 7.51. The molecular formula is C21H16Cl2N2O2. The van der Waals surface area contributed by atoms with E-state index in [0.29, 0.717) is 28.2 Å². The number of ether oxygens (including phenoxy) is 2. The lowest BCUT2D eigenvalue weighted by atomic mass is 10.1. The third kappa shape index (κ3) is 3.72. The van der Waals surface area contributed by atoms with Gasteiger partial charge < -0.3 is 13.9 Å². The van der Waals surface area contributed by atoms with Gasteiger partial charge in [-0.3, -0.25) is 0 Å². The molecule has 0 fully saturated rings. The molecule has 27 heavy (non-hydrogen) atoms. The Morgan fingerprint density at radius 1 is 0.963 bits per heavy atom. The highest BCUT2D eigenvalue weighted by Gasteiger charge is 2.10. The van der Waals surface area contributed by atoms with Gasteiger partial charge >= 0.3 is 0 Å². The first-order valence-electron chi connectivity index (χ1n) is 8.33. The lowest BCUT2D eigenvalue weighted by Crippen LogP contribution is -1.98. The zero-order valence-corrected chi connectivity index (χ0v) is 16.0. The fourth-order valence-electron chi connectivity index (χ4n) is 2.81. The first-order chi connectivity index (χ1) is 13.1. The van der Waals surface area contributed by atoms with Crippen LogP contribution < -0.4 is 9.47 Å². The summed E-state index contributed by atoms with van der Waals surface area (Å²) in [6.07, 6.45) is 3.96. The third-order valence-corrected chi connectivity index (χ3v) is 4.94. The zero-order chi connectivity index (χ0) is 18.8. The summed E-state index contributed by atoms with van der Waals surface area (Å²) in [4.78, 5) is 4.64. The molecule has 0 amide bonds. The molecule has 2 aromatic heterocycles. The van der Waals surface area contributed by atoms with E-state index < -0.39 is 0 Å². The minimum Gasteiger partial charge on any atom is -0.493 e. The van der Waals surface area contributed by atoms with Crippen molar-refractivity contribution in [2.75, 3.05) is 7.11 Å². The van der Waals surface area contributed by atoms with Gasteiger partial charge in [-0.15, -0.1) is 0 Å². The molecule has 0 atom stereocenters. The van der Waals surface area contributed by atoms with Gasteiger partial charge in [0.05, 0.1) is 22.8 Å². The molecule has 0 unspecified atom stereocenters. The molecule has 0 saturated carbocycles. The maximum Gasteiger partial charge on any atom is 0.161 e. The van der Waals surface area contributed by atoms with Crippen LogP contribution in [0, 0.1) is 0 Å². The average molecular weight is 399 g/mol. The second-order valence-corrected chi connectivity index (χ2v) is 6.81. The van der Waals surface area contributed by atoms with Gasteiger partial charge in [-0.25, -0.2) is 4.98 Å². The van der Waals surface area contributed by atoms with Crippen LogP contribution in [0.4, 0.5) is 0 Å². The molecule has 2 aromatic carbocycles. The summed E-state index contributed by atoms with van der Waals surface area (Å²) in [5.74, 6) is 1.29. The van der Waals surface area contributed by atoms with Gasteiger partial charge in [-0.05, 0) is 48.0 Å². The molecule has 0 bridgehead atoms. The van der Waals surface area contributed by atoms with Crippen molar-refractivity contribution in [3.63, 3.8) is 0 Å². The van der Waals surface area contributed by atoms with E-state index >= 15 is 0 Å². The van der Waals surface area contributed by atoms with Gasteiger partial charge in [0, 0.05) is 18.0 Å². The van der Waals surface area contributed by atoms with E-state index in [4.69, 9.17) is 32.7 Å². The molecule has 0 aliphatic carbocycles. The molecule has 4 nitrogen and oxygen atoms in total. The van der Waals surface area contributed by atoms with E-state index in [1.54, 1.807) is 19.2 Å². The standard InChI is InChI=1S/C21H16Cl2N2O2/c1-26-20-11-15(18-12-25-9-3-2-4-21(25)24-18)6-8-19(20)27-13-14-5-7-16(22)17(23)10-14/h2-12H,13H2,1H3. The van der Waals surface area contributed by atoms with Crippen LogP contribution in [-0.4, -0.2) is 16.5 Å². The highest BCUT2D eigenvalue weighted by atomic mass is 35.5. The van der Waals surface area contributed by atoms with Crippen LogP contribution in [0.2, 0.25) is 10.0 Å². The highest BCUT2D eigenvalue weighted by molar-refractivity contribution is 6.42. The number of imidazole rings is 1. The Labute approximate surface area is 166 Å². The maximum atomic E-state index is 6.06. The first-order valence-corrected chi connectivity index (χ1v) is 9.08. The summed E-state index contributed by atoms with van der Waals surface area (Å²) in [6, 6.07) is 17.1. The number of nitrogens with zero attached hydrogens (tertiary/aromatic N) is 2. The van der Waals surface area contributed by atoms with E-state index in [1.165, 1.54) is 0 Å². The Kier molecular flexibility index (Phi) is 4.92. The monoisotopic (exact) mass is 398 g/mol. The quantitative estimate of drug-likeness (QED) is 0.420. The van der Waals surface area contributed by atoms with Crippen molar-refractivity contribution in [1.29, 1.82) is 0 Å². The van der Waals surface area contributed by atoms with Crippen molar-refractivity contribution in [2.24, 2.45) is 0 Å². The predicted molar refractivity (Wildman–Crippen MR) is 108 cm³/mol. The number of hydrogen-bond donors (Lipinski definition) is 0. The molecule has 136 valence electrons. The van der Waals surface area contributed by atoms with Gasteiger partial charge in [0.25, 0.3) is 0 Å². The fraction of sp³-hybridized carbons (Fsp3) is 0.0952. The molecule has 0 aliphatic rings. The number of aromatic nitrogens is 2. The van der Waals surface area contributed by atoms with E-state index in [2.05, 4.69) is 4.98 Å². The van der Waals surface area contributed by atoms with Crippen molar-refractivity contribution in [2.45, 2.75) is 6.61 Å². The van der Waals surface area contributed by atoms with E-state index in [-0.39, 0.29) is 0 Å². The van der Waals surface area contributed by atoms with Gasteiger partial charge in [-0.2, -0.15) is 0 Å². The minimum atomic E-state index is 0.362. The zero-order valence-electron chi connectivity index (χ0n) is 14.5. The molecule has 2 heterocycles. The normalized spacial score (nSPS) is 10.9. The molecule has 0 spiro atoms. The number of benzene rings is 2. The molecule has 4 rings (SSSR count). The van der Waals surface area contributed by atoms with Gasteiger partial charge in [0.2, 0.25) is 0 Å².